The van der Waals surface area contributed by atoms with E-state index in [-0.39, 0.29) is 35.4 Å². The molecule has 1 amide bonds. The Labute approximate surface area is 158 Å². The van der Waals surface area contributed by atoms with Crippen LogP contribution in [0.3, 0.4) is 0 Å². The molecule has 8 heteroatoms. The zero-order chi connectivity index (χ0) is 19.9. The average Bonchev–Trinajstić information content (AvgIpc) is 2.66. The Hall–Kier alpha value is -2.87. The monoisotopic (exact) mass is 391 g/mol. The van der Waals surface area contributed by atoms with E-state index in [9.17, 15) is 18.0 Å². The first-order chi connectivity index (χ1) is 12.8. The number of ether oxygens (including phenoxy) is 1. The zero-order valence-electron chi connectivity index (χ0n) is 15.0. The van der Waals surface area contributed by atoms with Crippen LogP contribution in [0.4, 0.5) is 0 Å². The van der Waals surface area contributed by atoms with Crippen LogP contribution in [0.15, 0.2) is 59.5 Å². The van der Waals surface area contributed by atoms with Crippen LogP contribution >= 0.6 is 0 Å². The molecule has 0 aliphatic rings. The predicted octanol–water partition coefficient (Wildman–Crippen LogP) is 2.24. The molecule has 1 unspecified atom stereocenters. The summed E-state index contributed by atoms with van der Waals surface area (Å²) in [6.07, 6.45) is 0.0826. The van der Waals surface area contributed by atoms with E-state index in [4.69, 9.17) is 8.92 Å². The van der Waals surface area contributed by atoms with Crippen LogP contribution in [-0.2, 0) is 24.4 Å². The lowest BCUT2D eigenvalue weighted by Crippen LogP contribution is -2.27. The number of esters is 1. The molecule has 0 spiro atoms. The summed E-state index contributed by atoms with van der Waals surface area (Å²) in [6.45, 7) is 1.65. The molecular weight excluding hydrogens is 370 g/mol. The highest BCUT2D eigenvalue weighted by molar-refractivity contribution is 7.87. The Morgan fingerprint density at radius 3 is 2.22 bits per heavy atom. The number of benzene rings is 2. The lowest BCUT2D eigenvalue weighted by atomic mass is 9.95. The highest BCUT2D eigenvalue weighted by Crippen LogP contribution is 2.24. The van der Waals surface area contributed by atoms with E-state index in [2.05, 4.69) is 5.32 Å². The van der Waals surface area contributed by atoms with Gasteiger partial charge in [-0.3, -0.25) is 9.59 Å². The highest BCUT2D eigenvalue weighted by Gasteiger charge is 2.19. The van der Waals surface area contributed by atoms with Gasteiger partial charge in [-0.1, -0.05) is 30.3 Å². The fourth-order valence-electron chi connectivity index (χ4n) is 2.42. The first kappa shape index (κ1) is 20.4. The molecule has 0 heterocycles. The molecule has 0 aliphatic heterocycles. The van der Waals surface area contributed by atoms with E-state index in [1.54, 1.807) is 30.3 Å². The number of amides is 1. The smallest absolute Gasteiger partial charge is 0.339 e. The average molecular weight is 391 g/mol. The summed E-state index contributed by atoms with van der Waals surface area (Å²) in [5.41, 5.74) is 0.749. The lowest BCUT2D eigenvalue weighted by Gasteiger charge is -2.17. The Balaban J connectivity index is 2.15. The Kier molecular flexibility index (Phi) is 6.95. The van der Waals surface area contributed by atoms with Gasteiger partial charge in [0, 0.05) is 19.4 Å². The van der Waals surface area contributed by atoms with Crippen molar-refractivity contribution in [2.24, 2.45) is 0 Å². The summed E-state index contributed by atoms with van der Waals surface area (Å²) in [7, 11) is -2.63. The molecule has 2 aromatic rings. The van der Waals surface area contributed by atoms with E-state index in [0.717, 1.165) is 5.56 Å². The van der Waals surface area contributed by atoms with Crippen molar-refractivity contribution in [3.05, 3.63) is 60.2 Å². The minimum Gasteiger partial charge on any atom is -0.469 e. The normalized spacial score (nSPS) is 12.1. The van der Waals surface area contributed by atoms with Gasteiger partial charge in [0.15, 0.2) is 0 Å². The predicted molar refractivity (Wildman–Crippen MR) is 98.8 cm³/mol. The van der Waals surface area contributed by atoms with Gasteiger partial charge in [0.1, 0.15) is 10.6 Å². The number of methoxy groups -OCH3 is 1. The van der Waals surface area contributed by atoms with Crippen molar-refractivity contribution in [3.8, 4) is 5.75 Å². The molecule has 144 valence electrons. The van der Waals surface area contributed by atoms with Gasteiger partial charge in [0.25, 0.3) is 0 Å². The molecule has 1 N–H and O–H groups in total. The molecule has 0 aromatic heterocycles. The Bertz CT molecular complexity index is 878. The number of nitrogens with one attached hydrogen (secondary N) is 1. The second-order valence-corrected chi connectivity index (χ2v) is 7.38. The van der Waals surface area contributed by atoms with Crippen LogP contribution in [0.1, 0.15) is 24.8 Å². The summed E-state index contributed by atoms with van der Waals surface area (Å²) in [5.74, 6) is -0.767. The van der Waals surface area contributed by atoms with Crippen molar-refractivity contribution < 1.29 is 26.9 Å². The third-order valence-corrected chi connectivity index (χ3v) is 5.09. The molecule has 7 nitrogen and oxygen atoms in total. The van der Waals surface area contributed by atoms with Crippen LogP contribution in [-0.4, -0.2) is 33.9 Å². The number of carbonyl (C=O) groups is 2. The fourth-order valence-corrected chi connectivity index (χ4v) is 3.37. The van der Waals surface area contributed by atoms with Gasteiger partial charge >= 0.3 is 16.1 Å². The molecule has 0 saturated carbocycles. The van der Waals surface area contributed by atoms with E-state index < -0.39 is 16.1 Å². The highest BCUT2D eigenvalue weighted by atomic mass is 32.2. The van der Waals surface area contributed by atoms with E-state index in [0.29, 0.717) is 0 Å². The second-order valence-electron chi connectivity index (χ2n) is 5.83. The molecule has 0 radical (unpaired) electrons. The van der Waals surface area contributed by atoms with Crippen LogP contribution < -0.4 is 9.50 Å². The molecule has 0 saturated heterocycles. The Morgan fingerprint density at radius 2 is 1.67 bits per heavy atom. The summed E-state index contributed by atoms with van der Waals surface area (Å²) in [5, 5.41) is 2.67. The first-order valence-electron chi connectivity index (χ1n) is 8.22. The Morgan fingerprint density at radius 1 is 1.04 bits per heavy atom. The van der Waals surface area contributed by atoms with Crippen LogP contribution in [0.2, 0.25) is 0 Å². The van der Waals surface area contributed by atoms with Crippen LogP contribution in [0.25, 0.3) is 0 Å². The summed E-state index contributed by atoms with van der Waals surface area (Å²) < 4.78 is 34.3. The minimum absolute atomic E-state index is 0.0586. The van der Waals surface area contributed by atoms with Gasteiger partial charge in [-0.2, -0.15) is 8.42 Å². The molecular formula is C19H21NO6S. The fraction of sp³-hybridized carbons (Fsp3) is 0.263. The van der Waals surface area contributed by atoms with Crippen molar-refractivity contribution in [1.29, 1.82) is 0 Å². The minimum atomic E-state index is -3.92. The number of hydrogen-bond acceptors (Lipinski definition) is 6. The van der Waals surface area contributed by atoms with Crippen LogP contribution in [0.5, 0.6) is 5.75 Å². The molecule has 1 atom stereocenters. The standard InChI is InChI=1S/C19H21NO6S/c1-14(21)20-13-16(12-19(22)25-2)15-8-10-17(11-9-15)26-27(23,24)18-6-4-3-5-7-18/h3-11,16H,12-13H2,1-2H3,(H,20,21). The SMILES string of the molecule is COC(=O)CC(CNC(C)=O)c1ccc(OS(=O)(=O)c2ccccc2)cc1. The molecule has 0 fully saturated rings. The molecule has 0 bridgehead atoms. The largest absolute Gasteiger partial charge is 0.469 e. The molecule has 2 rings (SSSR count). The maximum Gasteiger partial charge on any atom is 0.339 e. The van der Waals surface area contributed by atoms with Crippen molar-refractivity contribution in [2.75, 3.05) is 13.7 Å². The summed E-state index contributed by atoms with van der Waals surface area (Å²) in [4.78, 5) is 22.8. The second kappa shape index (κ2) is 9.18. The molecule has 27 heavy (non-hydrogen) atoms. The molecule has 0 aliphatic carbocycles. The summed E-state index contributed by atoms with van der Waals surface area (Å²) in [6, 6.07) is 14.2. The zero-order valence-corrected chi connectivity index (χ0v) is 15.9. The van der Waals surface area contributed by atoms with Gasteiger partial charge in [-0.05, 0) is 29.8 Å². The van der Waals surface area contributed by atoms with Crippen molar-refractivity contribution in [1.82, 2.24) is 5.32 Å². The van der Waals surface area contributed by atoms with Gasteiger partial charge < -0.3 is 14.2 Å². The van der Waals surface area contributed by atoms with Gasteiger partial charge in [0.05, 0.1) is 13.5 Å². The number of hydrogen-bond donors (Lipinski definition) is 1. The lowest BCUT2D eigenvalue weighted by molar-refractivity contribution is -0.141. The van der Waals surface area contributed by atoms with Crippen molar-refractivity contribution in [3.63, 3.8) is 0 Å². The van der Waals surface area contributed by atoms with Crippen molar-refractivity contribution >= 4 is 22.0 Å². The summed E-state index contributed by atoms with van der Waals surface area (Å²) >= 11 is 0. The topological polar surface area (TPSA) is 98.8 Å². The van der Waals surface area contributed by atoms with E-state index >= 15 is 0 Å². The van der Waals surface area contributed by atoms with Crippen LogP contribution in [0, 0.1) is 0 Å². The quantitative estimate of drug-likeness (QED) is 0.547. The van der Waals surface area contributed by atoms with E-state index in [1.165, 1.54) is 38.3 Å². The number of carbonyl (C=O) groups excluding carboxylic acids is 2. The van der Waals surface area contributed by atoms with Crippen molar-refractivity contribution in [2.45, 2.75) is 24.2 Å². The van der Waals surface area contributed by atoms with Gasteiger partial charge in [0.2, 0.25) is 5.91 Å². The third-order valence-electron chi connectivity index (χ3n) is 3.83. The van der Waals surface area contributed by atoms with E-state index in [1.807, 2.05) is 0 Å². The van der Waals surface area contributed by atoms with Gasteiger partial charge in [-0.25, -0.2) is 0 Å². The maximum absolute atomic E-state index is 12.3. The third kappa shape index (κ3) is 6.10. The maximum atomic E-state index is 12.3. The first-order valence-corrected chi connectivity index (χ1v) is 9.63. The number of rotatable bonds is 8. The molecule has 2 aromatic carbocycles. The van der Waals surface area contributed by atoms with Gasteiger partial charge in [-0.15, -0.1) is 0 Å².